The molecule has 20 heavy (non-hydrogen) atoms. The Kier molecular flexibility index (Phi) is 4.42. The van der Waals surface area contributed by atoms with Gasteiger partial charge in [0.05, 0.1) is 11.8 Å². The predicted octanol–water partition coefficient (Wildman–Crippen LogP) is 2.23. The van der Waals surface area contributed by atoms with Gasteiger partial charge < -0.3 is 14.8 Å². The molecule has 1 atom stereocenters. The van der Waals surface area contributed by atoms with Crippen molar-refractivity contribution < 1.29 is 19.1 Å². The van der Waals surface area contributed by atoms with Crippen LogP contribution in [-0.4, -0.2) is 34.0 Å². The van der Waals surface area contributed by atoms with Crippen LogP contribution in [0.2, 0.25) is 0 Å². The molecule has 1 saturated heterocycles. The van der Waals surface area contributed by atoms with Gasteiger partial charge in [0.2, 0.25) is 0 Å². The number of nitrogens with one attached hydrogen (secondary N) is 1. The van der Waals surface area contributed by atoms with E-state index in [1.165, 1.54) is 12.7 Å². The van der Waals surface area contributed by atoms with E-state index >= 15 is 0 Å². The molecular weight excluding hydrogens is 278 g/mol. The van der Waals surface area contributed by atoms with Gasteiger partial charge in [-0.3, -0.25) is 9.59 Å². The van der Waals surface area contributed by atoms with Gasteiger partial charge in [0.25, 0.3) is 5.91 Å². The second kappa shape index (κ2) is 5.91. The van der Waals surface area contributed by atoms with Crippen LogP contribution < -0.4 is 5.32 Å². The third kappa shape index (κ3) is 3.36. The van der Waals surface area contributed by atoms with E-state index in [0.29, 0.717) is 17.7 Å². The van der Waals surface area contributed by atoms with Crippen LogP contribution in [0.1, 0.15) is 41.4 Å². The van der Waals surface area contributed by atoms with Gasteiger partial charge in [0, 0.05) is 16.9 Å². The Morgan fingerprint density at radius 1 is 1.55 bits per heavy atom. The Hall–Kier alpha value is -1.43. The first kappa shape index (κ1) is 15.0. The van der Waals surface area contributed by atoms with Crippen molar-refractivity contribution in [3.8, 4) is 0 Å². The molecule has 110 valence electrons. The summed E-state index contributed by atoms with van der Waals surface area (Å²) in [6.45, 7) is 4.48. The fraction of sp³-hybridized carbons (Fsp3) is 0.571. The quantitative estimate of drug-likeness (QED) is 0.871. The Morgan fingerprint density at radius 2 is 2.30 bits per heavy atom. The summed E-state index contributed by atoms with van der Waals surface area (Å²) in [6, 6.07) is 0. The molecule has 1 amide bonds. The third-order valence-electron chi connectivity index (χ3n) is 3.51. The summed E-state index contributed by atoms with van der Waals surface area (Å²) in [5.41, 5.74) is 1.03. The molecule has 1 fully saturated rings. The predicted molar refractivity (Wildman–Crippen MR) is 77.2 cm³/mol. The van der Waals surface area contributed by atoms with Gasteiger partial charge in [-0.2, -0.15) is 11.8 Å². The van der Waals surface area contributed by atoms with Gasteiger partial charge in [-0.25, -0.2) is 0 Å². The molecule has 1 aromatic heterocycles. The summed E-state index contributed by atoms with van der Waals surface area (Å²) in [4.78, 5) is 23.0. The van der Waals surface area contributed by atoms with Crippen LogP contribution in [-0.2, 0) is 11.2 Å². The van der Waals surface area contributed by atoms with Gasteiger partial charge in [-0.15, -0.1) is 0 Å². The minimum absolute atomic E-state index is 0.0836. The highest BCUT2D eigenvalue weighted by molar-refractivity contribution is 8.00. The molecule has 6 heteroatoms. The van der Waals surface area contributed by atoms with Crippen molar-refractivity contribution in [2.45, 2.75) is 37.9 Å². The van der Waals surface area contributed by atoms with Crippen LogP contribution in [0.25, 0.3) is 0 Å². The van der Waals surface area contributed by atoms with Crippen LogP contribution in [0.3, 0.4) is 0 Å². The van der Waals surface area contributed by atoms with Gasteiger partial charge in [-0.05, 0) is 32.4 Å². The maximum atomic E-state index is 12.3. The summed E-state index contributed by atoms with van der Waals surface area (Å²) in [5.74, 6) is 0.0890. The van der Waals surface area contributed by atoms with Crippen molar-refractivity contribution in [2.24, 2.45) is 0 Å². The Bertz CT molecular complexity index is 517. The number of carboxylic acid groups (broad SMARTS) is 1. The van der Waals surface area contributed by atoms with E-state index in [4.69, 9.17) is 9.52 Å². The molecule has 0 saturated carbocycles. The van der Waals surface area contributed by atoms with E-state index in [-0.39, 0.29) is 22.8 Å². The summed E-state index contributed by atoms with van der Waals surface area (Å²) in [5, 5.41) is 11.7. The van der Waals surface area contributed by atoms with Crippen molar-refractivity contribution in [1.82, 2.24) is 5.32 Å². The number of hydrogen-bond donors (Lipinski definition) is 2. The number of aryl methyl sites for hydroxylation is 1. The summed E-state index contributed by atoms with van der Waals surface area (Å²) in [7, 11) is 0. The van der Waals surface area contributed by atoms with Gasteiger partial charge >= 0.3 is 5.97 Å². The molecule has 0 aromatic carbocycles. The topological polar surface area (TPSA) is 79.5 Å². The first-order chi connectivity index (χ1) is 9.41. The monoisotopic (exact) mass is 297 g/mol. The Balaban J connectivity index is 2.05. The lowest BCUT2D eigenvalue weighted by atomic mass is 10.0. The zero-order valence-electron chi connectivity index (χ0n) is 11.7. The number of carbonyl (C=O) groups excluding carboxylic acids is 1. The van der Waals surface area contributed by atoms with Crippen molar-refractivity contribution in [2.75, 3.05) is 12.3 Å². The molecule has 0 spiro atoms. The number of furan rings is 1. The van der Waals surface area contributed by atoms with Crippen LogP contribution in [0, 0.1) is 6.92 Å². The van der Waals surface area contributed by atoms with Crippen molar-refractivity contribution in [3.05, 3.63) is 23.2 Å². The molecule has 1 aliphatic heterocycles. The van der Waals surface area contributed by atoms with E-state index in [9.17, 15) is 9.59 Å². The number of aliphatic carboxylic acids is 1. The largest absolute Gasteiger partial charge is 0.481 e. The number of amides is 1. The first-order valence-electron chi connectivity index (χ1n) is 6.62. The standard InChI is InChI=1S/C14H19NO4S/c1-9-7-19-10(6-11(16)17)12(9)13(18)15-8-14(2)4-3-5-20-14/h7H,3-6,8H2,1-2H3,(H,15,18)(H,16,17). The molecule has 5 nitrogen and oxygen atoms in total. The number of hydrogen-bond acceptors (Lipinski definition) is 4. The number of rotatable bonds is 5. The second-order valence-electron chi connectivity index (χ2n) is 5.37. The SMILES string of the molecule is Cc1coc(CC(=O)O)c1C(=O)NCC1(C)CCCS1. The average Bonchev–Trinajstić information content (AvgIpc) is 2.94. The second-order valence-corrected chi connectivity index (χ2v) is 7.05. The van der Waals surface area contributed by atoms with E-state index in [2.05, 4.69) is 12.2 Å². The van der Waals surface area contributed by atoms with E-state index in [1.54, 1.807) is 6.92 Å². The fourth-order valence-corrected chi connectivity index (χ4v) is 3.65. The maximum absolute atomic E-state index is 12.3. The van der Waals surface area contributed by atoms with Crippen molar-refractivity contribution >= 4 is 23.6 Å². The average molecular weight is 297 g/mol. The molecular formula is C14H19NO4S. The molecule has 0 bridgehead atoms. The van der Waals surface area contributed by atoms with Crippen LogP contribution in [0.5, 0.6) is 0 Å². The molecule has 2 rings (SSSR count). The highest BCUT2D eigenvalue weighted by Crippen LogP contribution is 2.37. The minimum atomic E-state index is -1.01. The Labute approximate surface area is 122 Å². The Morgan fingerprint density at radius 3 is 2.90 bits per heavy atom. The minimum Gasteiger partial charge on any atom is -0.481 e. The van der Waals surface area contributed by atoms with E-state index in [0.717, 1.165) is 12.2 Å². The molecule has 0 aliphatic carbocycles. The maximum Gasteiger partial charge on any atom is 0.311 e. The van der Waals surface area contributed by atoms with E-state index in [1.807, 2.05) is 11.8 Å². The lowest BCUT2D eigenvalue weighted by molar-refractivity contribution is -0.136. The zero-order chi connectivity index (χ0) is 14.8. The lowest BCUT2D eigenvalue weighted by Crippen LogP contribution is -2.37. The highest BCUT2D eigenvalue weighted by atomic mass is 32.2. The fourth-order valence-electron chi connectivity index (χ4n) is 2.40. The molecule has 2 N–H and O–H groups in total. The van der Waals surface area contributed by atoms with Gasteiger partial charge in [-0.1, -0.05) is 0 Å². The number of carbonyl (C=O) groups is 2. The molecule has 2 heterocycles. The zero-order valence-corrected chi connectivity index (χ0v) is 12.5. The normalized spacial score (nSPS) is 21.9. The van der Waals surface area contributed by atoms with E-state index < -0.39 is 5.97 Å². The molecule has 0 radical (unpaired) electrons. The van der Waals surface area contributed by atoms with Gasteiger partial charge in [0.1, 0.15) is 12.2 Å². The summed E-state index contributed by atoms with van der Waals surface area (Å²) < 4.78 is 5.26. The molecule has 1 unspecified atom stereocenters. The number of carboxylic acids is 1. The van der Waals surface area contributed by atoms with Crippen molar-refractivity contribution in [1.29, 1.82) is 0 Å². The summed E-state index contributed by atoms with van der Waals surface area (Å²) in [6.07, 6.45) is 3.41. The van der Waals surface area contributed by atoms with Crippen LogP contribution >= 0.6 is 11.8 Å². The van der Waals surface area contributed by atoms with Crippen LogP contribution in [0.15, 0.2) is 10.7 Å². The highest BCUT2D eigenvalue weighted by Gasteiger charge is 2.30. The third-order valence-corrected chi connectivity index (χ3v) is 5.05. The van der Waals surface area contributed by atoms with Crippen LogP contribution in [0.4, 0.5) is 0 Å². The summed E-state index contributed by atoms with van der Waals surface area (Å²) >= 11 is 1.87. The van der Waals surface area contributed by atoms with Crippen molar-refractivity contribution in [3.63, 3.8) is 0 Å². The number of thioether (sulfide) groups is 1. The molecule has 1 aromatic rings. The smallest absolute Gasteiger partial charge is 0.311 e. The first-order valence-corrected chi connectivity index (χ1v) is 7.61. The van der Waals surface area contributed by atoms with Gasteiger partial charge in [0.15, 0.2) is 0 Å². The molecule has 1 aliphatic rings. The lowest BCUT2D eigenvalue weighted by Gasteiger charge is -2.22.